The molecule has 2 rings (SSSR count). The Morgan fingerprint density at radius 3 is 2.79 bits per heavy atom. The van der Waals surface area contributed by atoms with Gasteiger partial charge in [0.1, 0.15) is 18.1 Å². The minimum atomic E-state index is -0.407. The fourth-order valence-electron chi connectivity index (χ4n) is 1.71. The Morgan fingerprint density at radius 1 is 1.32 bits per heavy atom. The molecular weight excluding hydrogens is 247 g/mol. The van der Waals surface area contributed by atoms with Gasteiger partial charge < -0.3 is 4.74 Å². The minimum Gasteiger partial charge on any atom is -0.469 e. The van der Waals surface area contributed by atoms with Gasteiger partial charge >= 0.3 is 5.97 Å². The number of methoxy groups -OCH3 is 1. The Morgan fingerprint density at radius 2 is 2.11 bits per heavy atom. The van der Waals surface area contributed by atoms with E-state index in [1.807, 2.05) is 0 Å². The van der Waals surface area contributed by atoms with Gasteiger partial charge in [-0.1, -0.05) is 12.1 Å². The summed E-state index contributed by atoms with van der Waals surface area (Å²) in [5.41, 5.74) is 1.95. The summed E-state index contributed by atoms with van der Waals surface area (Å²) < 4.78 is 17.8. The molecule has 98 valence electrons. The number of esters is 1. The van der Waals surface area contributed by atoms with Crippen LogP contribution in [0.5, 0.6) is 0 Å². The SMILES string of the molecule is COC(=O)Cc1nc(C)cc(-c2cccc(F)c2)n1. The van der Waals surface area contributed by atoms with Crippen LogP contribution in [0.2, 0.25) is 0 Å². The molecule has 0 amide bonds. The number of ether oxygens (including phenoxy) is 1. The molecule has 0 fully saturated rings. The minimum absolute atomic E-state index is 0.000492. The van der Waals surface area contributed by atoms with Crippen LogP contribution in [0.4, 0.5) is 4.39 Å². The van der Waals surface area contributed by atoms with Crippen molar-refractivity contribution in [3.63, 3.8) is 0 Å². The van der Waals surface area contributed by atoms with Gasteiger partial charge in [0.15, 0.2) is 0 Å². The van der Waals surface area contributed by atoms with Crippen LogP contribution in [-0.2, 0) is 16.0 Å². The van der Waals surface area contributed by atoms with Gasteiger partial charge in [0.05, 0.1) is 12.8 Å². The maximum Gasteiger partial charge on any atom is 0.313 e. The van der Waals surface area contributed by atoms with Crippen LogP contribution in [0.25, 0.3) is 11.3 Å². The average molecular weight is 260 g/mol. The number of aryl methyl sites for hydroxylation is 1. The van der Waals surface area contributed by atoms with Crippen molar-refractivity contribution in [2.24, 2.45) is 0 Å². The third kappa shape index (κ3) is 3.34. The van der Waals surface area contributed by atoms with Crippen molar-refractivity contribution in [2.75, 3.05) is 7.11 Å². The maximum absolute atomic E-state index is 13.2. The molecule has 1 aromatic carbocycles. The lowest BCUT2D eigenvalue weighted by Gasteiger charge is -2.05. The first-order valence-corrected chi connectivity index (χ1v) is 5.76. The van der Waals surface area contributed by atoms with Crippen molar-refractivity contribution >= 4 is 5.97 Å². The second kappa shape index (κ2) is 5.56. The van der Waals surface area contributed by atoms with E-state index in [9.17, 15) is 9.18 Å². The molecule has 5 heteroatoms. The van der Waals surface area contributed by atoms with E-state index >= 15 is 0 Å². The highest BCUT2D eigenvalue weighted by molar-refractivity contribution is 5.71. The predicted octanol–water partition coefficient (Wildman–Crippen LogP) is 2.31. The largest absolute Gasteiger partial charge is 0.469 e. The maximum atomic E-state index is 13.2. The van der Waals surface area contributed by atoms with E-state index in [2.05, 4.69) is 14.7 Å². The second-order valence-corrected chi connectivity index (χ2v) is 4.07. The zero-order chi connectivity index (χ0) is 13.8. The summed E-state index contributed by atoms with van der Waals surface area (Å²) in [6, 6.07) is 7.88. The number of carbonyl (C=O) groups is 1. The number of aromatic nitrogens is 2. The van der Waals surface area contributed by atoms with E-state index in [0.29, 0.717) is 22.8 Å². The van der Waals surface area contributed by atoms with E-state index in [1.165, 1.54) is 19.2 Å². The Kier molecular flexibility index (Phi) is 3.85. The third-order valence-corrected chi connectivity index (χ3v) is 2.55. The molecule has 1 aromatic heterocycles. The van der Waals surface area contributed by atoms with E-state index < -0.39 is 5.97 Å². The standard InChI is InChI=1S/C14H13FN2O2/c1-9-6-12(10-4-3-5-11(15)7-10)17-13(16-9)8-14(18)19-2/h3-7H,8H2,1-2H3. The molecule has 0 saturated heterocycles. The summed E-state index contributed by atoms with van der Waals surface area (Å²) in [4.78, 5) is 19.7. The van der Waals surface area contributed by atoms with Crippen molar-refractivity contribution in [3.8, 4) is 11.3 Å². The lowest BCUT2D eigenvalue weighted by molar-refractivity contribution is -0.139. The normalized spacial score (nSPS) is 10.3. The summed E-state index contributed by atoms with van der Waals surface area (Å²) in [5, 5.41) is 0. The van der Waals surface area contributed by atoms with Gasteiger partial charge in [0.25, 0.3) is 0 Å². The van der Waals surface area contributed by atoms with Crippen molar-refractivity contribution in [1.82, 2.24) is 9.97 Å². The summed E-state index contributed by atoms with van der Waals surface area (Å²) in [7, 11) is 1.31. The third-order valence-electron chi connectivity index (χ3n) is 2.55. The van der Waals surface area contributed by atoms with Gasteiger partial charge in [-0.05, 0) is 25.1 Å². The van der Waals surface area contributed by atoms with Gasteiger partial charge in [-0.3, -0.25) is 4.79 Å². The number of hydrogen-bond donors (Lipinski definition) is 0. The number of nitrogens with zero attached hydrogens (tertiary/aromatic N) is 2. The highest BCUT2D eigenvalue weighted by Gasteiger charge is 2.09. The molecule has 0 aliphatic carbocycles. The summed E-state index contributed by atoms with van der Waals surface area (Å²) in [6.45, 7) is 1.80. The zero-order valence-corrected chi connectivity index (χ0v) is 10.7. The monoisotopic (exact) mass is 260 g/mol. The number of carbonyl (C=O) groups excluding carboxylic acids is 1. The van der Waals surface area contributed by atoms with Crippen LogP contribution in [0, 0.1) is 12.7 Å². The fourth-order valence-corrected chi connectivity index (χ4v) is 1.71. The molecule has 0 aliphatic heterocycles. The lowest BCUT2D eigenvalue weighted by Crippen LogP contribution is -2.09. The van der Waals surface area contributed by atoms with Crippen LogP contribution >= 0.6 is 0 Å². The van der Waals surface area contributed by atoms with Gasteiger partial charge in [-0.2, -0.15) is 0 Å². The van der Waals surface area contributed by atoms with E-state index in [-0.39, 0.29) is 12.2 Å². The van der Waals surface area contributed by atoms with Gasteiger partial charge in [0.2, 0.25) is 0 Å². The van der Waals surface area contributed by atoms with E-state index in [1.54, 1.807) is 25.1 Å². The van der Waals surface area contributed by atoms with Crippen molar-refractivity contribution in [2.45, 2.75) is 13.3 Å². The highest BCUT2D eigenvalue weighted by atomic mass is 19.1. The lowest BCUT2D eigenvalue weighted by atomic mass is 10.1. The summed E-state index contributed by atoms with van der Waals surface area (Å²) in [6.07, 6.45) is 0.000492. The molecular formula is C14H13FN2O2. The van der Waals surface area contributed by atoms with Gasteiger partial charge in [0, 0.05) is 11.3 Å². The average Bonchev–Trinajstić information content (AvgIpc) is 2.38. The predicted molar refractivity (Wildman–Crippen MR) is 67.9 cm³/mol. The fraction of sp³-hybridized carbons (Fsp3) is 0.214. The summed E-state index contributed by atoms with van der Waals surface area (Å²) >= 11 is 0. The van der Waals surface area contributed by atoms with Crippen LogP contribution in [0.15, 0.2) is 30.3 Å². The first kappa shape index (κ1) is 13.1. The number of halogens is 1. The van der Waals surface area contributed by atoms with Crippen LogP contribution in [0.3, 0.4) is 0 Å². The molecule has 0 bridgehead atoms. The summed E-state index contributed by atoms with van der Waals surface area (Å²) in [5.74, 6) is -0.370. The molecule has 1 heterocycles. The Hall–Kier alpha value is -2.30. The highest BCUT2D eigenvalue weighted by Crippen LogP contribution is 2.18. The van der Waals surface area contributed by atoms with Crippen LogP contribution in [0.1, 0.15) is 11.5 Å². The molecule has 0 N–H and O–H groups in total. The second-order valence-electron chi connectivity index (χ2n) is 4.07. The molecule has 19 heavy (non-hydrogen) atoms. The van der Waals surface area contributed by atoms with Crippen molar-refractivity contribution in [1.29, 1.82) is 0 Å². The van der Waals surface area contributed by atoms with E-state index in [0.717, 1.165) is 0 Å². The zero-order valence-electron chi connectivity index (χ0n) is 10.7. The first-order chi connectivity index (χ1) is 9.08. The molecule has 4 nitrogen and oxygen atoms in total. The topological polar surface area (TPSA) is 52.1 Å². The number of benzene rings is 1. The molecule has 0 saturated carbocycles. The molecule has 0 aliphatic rings. The Bertz CT molecular complexity index is 614. The van der Waals surface area contributed by atoms with E-state index in [4.69, 9.17) is 0 Å². The van der Waals surface area contributed by atoms with Crippen molar-refractivity contribution in [3.05, 3.63) is 47.7 Å². The van der Waals surface area contributed by atoms with Crippen LogP contribution < -0.4 is 0 Å². The molecule has 0 radical (unpaired) electrons. The molecule has 2 aromatic rings. The molecule has 0 atom stereocenters. The van der Waals surface area contributed by atoms with Crippen LogP contribution in [-0.4, -0.2) is 23.0 Å². The van der Waals surface area contributed by atoms with Gasteiger partial charge in [-0.15, -0.1) is 0 Å². The molecule has 0 unspecified atom stereocenters. The number of rotatable bonds is 3. The first-order valence-electron chi connectivity index (χ1n) is 5.76. The Labute approximate surface area is 110 Å². The quantitative estimate of drug-likeness (QED) is 0.795. The Balaban J connectivity index is 2.39. The smallest absolute Gasteiger partial charge is 0.313 e. The van der Waals surface area contributed by atoms with Crippen molar-refractivity contribution < 1.29 is 13.9 Å². The molecule has 0 spiro atoms. The van der Waals surface area contributed by atoms with Gasteiger partial charge in [-0.25, -0.2) is 14.4 Å². The number of hydrogen-bond acceptors (Lipinski definition) is 4.